The van der Waals surface area contributed by atoms with Gasteiger partial charge < -0.3 is 56.8 Å². The number of esters is 6. The number of aryl methyl sites for hydroxylation is 15. The number of hydrogen-bond donors (Lipinski definition) is 0. The molecule has 0 radical (unpaired) electrons. The monoisotopic (exact) mass is 2030 g/mol. The molecule has 0 saturated heterocycles. The highest BCUT2D eigenvalue weighted by atomic mass is 79.9. The molecule has 1 aliphatic rings. The first-order chi connectivity index (χ1) is 64.2. The third-order valence-corrected chi connectivity index (χ3v) is 25.9. The Labute approximate surface area is 835 Å². The van der Waals surface area contributed by atoms with E-state index in [0.717, 1.165) is 158 Å². The number of hydrogen-bond acceptors (Lipinski definition) is 18. The zero-order chi connectivity index (χ0) is 99.4. The number of carbonyl (C=O) groups is 6. The Morgan fingerprint density at radius 3 is 0.785 bits per heavy atom. The van der Waals surface area contributed by atoms with E-state index in [9.17, 15) is 28.8 Å². The van der Waals surface area contributed by atoms with Gasteiger partial charge in [0.15, 0.2) is 0 Å². The van der Waals surface area contributed by atoms with Gasteiger partial charge in [-0.3, -0.25) is 0 Å². The SMILES string of the molecule is CCc1cccc(C(=O)OC)c1COc1cc(Cl)c(C)cc1C.COC(=O)c1cccc(Br)c1COc1cc(Cl)c(C)cc1C.COC(=O)c1cccc(C)c1COc1cc(Cl)c(C)cc1C.COC(=O)c1cccc(C)c1COc1cc(Cl)c(C)cc1C.COC(=O)c1cccc(C2CC2)c1COc1cc(Cl)c(C)cc1C.COC(=O)c1cccc(Cl)c1COc1cc(Cl)c(C)cc1C. The molecular weight excluding hydrogens is 1930 g/mol. The van der Waals surface area contributed by atoms with Crippen LogP contribution in [0, 0.1) is 96.9 Å². The number of ether oxygens (including phenoxy) is 12. The molecule has 0 N–H and O–H groups in total. The second kappa shape index (κ2) is 52.2. The summed E-state index contributed by atoms with van der Waals surface area (Å²) in [5.74, 6) is 2.55. The fraction of sp³-hybridized carbons (Fsp3) is 0.284. The van der Waals surface area contributed by atoms with E-state index >= 15 is 0 Å². The van der Waals surface area contributed by atoms with E-state index < -0.39 is 11.9 Å². The highest BCUT2D eigenvalue weighted by molar-refractivity contribution is 9.10. The maximum Gasteiger partial charge on any atom is 0.338 e. The molecule has 26 heteroatoms. The Hall–Kier alpha value is -11.2. The molecule has 712 valence electrons. The Kier molecular flexibility index (Phi) is 42.2. The number of halogens is 8. The highest BCUT2D eigenvalue weighted by Gasteiger charge is 2.30. The summed E-state index contributed by atoms with van der Waals surface area (Å²) < 4.78 is 65.2. The Balaban J connectivity index is 0.000000199. The van der Waals surface area contributed by atoms with Crippen molar-refractivity contribution < 1.29 is 85.6 Å². The van der Waals surface area contributed by atoms with Gasteiger partial charge >= 0.3 is 35.8 Å². The van der Waals surface area contributed by atoms with Gasteiger partial charge in [-0.15, -0.1) is 0 Å². The smallest absolute Gasteiger partial charge is 0.338 e. The summed E-state index contributed by atoms with van der Waals surface area (Å²) >= 11 is 46.6. The molecule has 18 nitrogen and oxygen atoms in total. The van der Waals surface area contributed by atoms with E-state index in [2.05, 4.69) is 22.0 Å². The first kappa shape index (κ1) is 109. The lowest BCUT2D eigenvalue weighted by Gasteiger charge is -2.16. The van der Waals surface area contributed by atoms with Gasteiger partial charge in [0, 0.05) is 73.0 Å². The van der Waals surface area contributed by atoms with Crippen LogP contribution in [0.4, 0.5) is 0 Å². The van der Waals surface area contributed by atoms with Crippen molar-refractivity contribution in [2.24, 2.45) is 0 Å². The van der Waals surface area contributed by atoms with Crippen molar-refractivity contribution in [2.75, 3.05) is 42.7 Å². The minimum atomic E-state index is -0.445. The number of benzene rings is 12. The number of methoxy groups -OCH3 is 6. The van der Waals surface area contributed by atoms with E-state index in [0.29, 0.717) is 105 Å². The molecule has 1 saturated carbocycles. The molecule has 0 atom stereocenters. The Bertz CT molecular complexity index is 5790. The molecule has 0 heterocycles. The van der Waals surface area contributed by atoms with Crippen LogP contribution in [-0.2, 0) is 74.5 Å². The number of rotatable bonds is 26. The van der Waals surface area contributed by atoms with Crippen molar-refractivity contribution in [3.05, 3.63) is 377 Å². The standard InChI is InChI=1S/C20H21ClO3.C19H21ClO3.2C18H19ClO3.C17H16BrClO3.C17H16Cl2O3/c1-12-9-13(2)19(10-18(12)21)24-11-17-15(14-7-8-14)5-4-6-16(17)20(22)23-3;1-5-14-7-6-8-15(19(21)22-4)16(14)11-23-18-10-17(20)12(2)9-13(18)3;2*1-11-6-5-7-14(18(20)21-4)15(11)10-22-17-9-16(19)12(2)8-13(17)3;2*1-10-7-11(2)16(8-15(10)19)22-9-13-12(17(20)21-3)5-4-6-14(13)18/h4-6,9-10,14H,7-8,11H2,1-3H3;6-10H,5,11H2,1-4H3;2*5-9H,10H2,1-4H3;2*4-8H,9H2,1-3H3. The van der Waals surface area contributed by atoms with Crippen molar-refractivity contribution in [3.8, 4) is 34.5 Å². The molecule has 0 aromatic heterocycles. The van der Waals surface area contributed by atoms with Crippen LogP contribution in [0.5, 0.6) is 34.5 Å². The second-order valence-electron chi connectivity index (χ2n) is 32.1. The summed E-state index contributed by atoms with van der Waals surface area (Å²) in [6.07, 6.45) is 3.14. The summed E-state index contributed by atoms with van der Waals surface area (Å²) in [5, 5.41) is 4.42. The van der Waals surface area contributed by atoms with E-state index in [4.69, 9.17) is 138 Å². The van der Waals surface area contributed by atoms with Crippen LogP contribution in [0.25, 0.3) is 0 Å². The van der Waals surface area contributed by atoms with Crippen molar-refractivity contribution in [2.45, 2.75) is 169 Å². The predicted molar refractivity (Wildman–Crippen MR) is 542 cm³/mol. The minimum absolute atomic E-state index is 0.157. The average molecular weight is 2040 g/mol. The van der Waals surface area contributed by atoms with Crippen molar-refractivity contribution in [1.82, 2.24) is 0 Å². The number of carbonyl (C=O) groups excluding carboxylic acids is 6. The molecule has 0 spiro atoms. The van der Waals surface area contributed by atoms with E-state index in [1.165, 1.54) is 48.2 Å². The highest BCUT2D eigenvalue weighted by Crippen LogP contribution is 2.44. The summed E-state index contributed by atoms with van der Waals surface area (Å²) in [7, 11) is 8.23. The third-order valence-electron chi connectivity index (χ3n) is 22.3. The molecule has 1 aliphatic carbocycles. The van der Waals surface area contributed by atoms with Gasteiger partial charge in [-0.25, -0.2) is 28.8 Å². The zero-order valence-corrected chi connectivity index (χ0v) is 86.5. The second-order valence-corrected chi connectivity index (χ2v) is 35.8. The van der Waals surface area contributed by atoms with Crippen LogP contribution in [0.2, 0.25) is 35.2 Å². The van der Waals surface area contributed by atoms with Gasteiger partial charge in [-0.1, -0.05) is 201 Å². The Morgan fingerprint density at radius 1 is 0.259 bits per heavy atom. The molecule has 135 heavy (non-hydrogen) atoms. The lowest BCUT2D eigenvalue weighted by atomic mass is 9.98. The Morgan fingerprint density at radius 2 is 0.489 bits per heavy atom. The molecule has 1 fully saturated rings. The summed E-state index contributed by atoms with van der Waals surface area (Å²) in [4.78, 5) is 71.5. The summed E-state index contributed by atoms with van der Waals surface area (Å²) in [5.41, 5.74) is 24.1. The quantitative estimate of drug-likeness (QED) is 0.0364. The van der Waals surface area contributed by atoms with E-state index in [1.54, 1.807) is 66.7 Å². The van der Waals surface area contributed by atoms with Gasteiger partial charge in [0.25, 0.3) is 0 Å². The first-order valence-electron chi connectivity index (χ1n) is 43.0. The van der Waals surface area contributed by atoms with Crippen LogP contribution < -0.4 is 28.4 Å². The molecule has 0 bridgehead atoms. The molecular formula is C109H112BrCl7O18. The van der Waals surface area contributed by atoms with Crippen LogP contribution in [0.3, 0.4) is 0 Å². The molecule has 0 amide bonds. The molecule has 12 aromatic rings. The van der Waals surface area contributed by atoms with Crippen LogP contribution >= 0.6 is 97.1 Å². The van der Waals surface area contributed by atoms with E-state index in [1.807, 2.05) is 213 Å². The fourth-order valence-corrected chi connectivity index (χ4v) is 16.0. The van der Waals surface area contributed by atoms with Gasteiger partial charge in [0.2, 0.25) is 0 Å². The summed E-state index contributed by atoms with van der Waals surface area (Å²) in [6, 6.07) is 55.6. The topological polar surface area (TPSA) is 213 Å². The summed E-state index contributed by atoms with van der Waals surface area (Å²) in [6.45, 7) is 31.1. The predicted octanol–water partition coefficient (Wildman–Crippen LogP) is 29.4. The molecule has 13 rings (SSSR count). The third kappa shape index (κ3) is 30.1. The molecule has 0 unspecified atom stereocenters. The van der Waals surface area contributed by atoms with Gasteiger partial charge in [0.05, 0.1) is 76.0 Å². The maximum absolute atomic E-state index is 12.1. The maximum atomic E-state index is 12.1. The average Bonchev–Trinajstić information content (AvgIpc) is 1.65. The van der Waals surface area contributed by atoms with Crippen molar-refractivity contribution in [1.29, 1.82) is 0 Å². The van der Waals surface area contributed by atoms with Crippen molar-refractivity contribution in [3.63, 3.8) is 0 Å². The minimum Gasteiger partial charge on any atom is -0.489 e. The zero-order valence-electron chi connectivity index (χ0n) is 79.6. The largest absolute Gasteiger partial charge is 0.489 e. The van der Waals surface area contributed by atoms with Crippen LogP contribution in [0.15, 0.2) is 186 Å². The van der Waals surface area contributed by atoms with E-state index in [-0.39, 0.29) is 50.3 Å². The van der Waals surface area contributed by atoms with Gasteiger partial charge in [-0.2, -0.15) is 0 Å². The lowest BCUT2D eigenvalue weighted by Crippen LogP contribution is -2.11. The molecule has 12 aromatic carbocycles. The molecule has 0 aliphatic heterocycles. The van der Waals surface area contributed by atoms with Gasteiger partial charge in [-0.05, 0) is 296 Å². The van der Waals surface area contributed by atoms with Gasteiger partial charge in [0.1, 0.15) is 74.1 Å². The van der Waals surface area contributed by atoms with Crippen LogP contribution in [0.1, 0.15) is 210 Å². The van der Waals surface area contributed by atoms with Crippen molar-refractivity contribution >= 4 is 133 Å². The van der Waals surface area contributed by atoms with Crippen LogP contribution in [-0.4, -0.2) is 78.5 Å². The normalized spacial score (nSPS) is 11.0. The fourth-order valence-electron chi connectivity index (χ4n) is 14.4. The first-order valence-corrected chi connectivity index (χ1v) is 46.5. The lowest BCUT2D eigenvalue weighted by molar-refractivity contribution is 0.0588.